The minimum Gasteiger partial charge on any atom is -0.493 e. The molecule has 2 heterocycles. The van der Waals surface area contributed by atoms with E-state index in [1.807, 2.05) is 49.4 Å². The number of fused-ring (bicyclic) bond motifs is 2. The van der Waals surface area contributed by atoms with Gasteiger partial charge in [-0.25, -0.2) is 4.79 Å². The molecule has 2 aromatic heterocycles. The molecule has 0 saturated heterocycles. The van der Waals surface area contributed by atoms with E-state index in [4.69, 9.17) is 15.9 Å². The highest BCUT2D eigenvalue weighted by Crippen LogP contribution is 2.40. The number of terminal acetylenes is 1. The number of carboxylic acid groups (broad SMARTS) is 1. The molecule has 7 heteroatoms. The van der Waals surface area contributed by atoms with Crippen molar-refractivity contribution in [1.29, 1.82) is 0 Å². The average molecular weight is 552 g/mol. The number of thiazole rings is 1. The second-order valence-electron chi connectivity index (χ2n) is 9.57. The lowest BCUT2D eigenvalue weighted by Gasteiger charge is -2.12. The van der Waals surface area contributed by atoms with Crippen LogP contribution in [0.15, 0.2) is 71.5 Å². The molecule has 0 aliphatic rings. The summed E-state index contributed by atoms with van der Waals surface area (Å²) in [6, 6.07) is 21.2. The van der Waals surface area contributed by atoms with Gasteiger partial charge in [0.05, 0.1) is 18.6 Å². The first kappa shape index (κ1) is 27.0. The van der Waals surface area contributed by atoms with Crippen molar-refractivity contribution in [3.8, 4) is 34.3 Å². The fraction of sp³-hybridized carbons (Fsp3) is 0.212. The van der Waals surface area contributed by atoms with Gasteiger partial charge in [-0.2, -0.15) is 0 Å². The molecule has 0 saturated carbocycles. The van der Waals surface area contributed by atoms with Gasteiger partial charge in [0.15, 0.2) is 11.4 Å². The molecule has 0 amide bonds. The second kappa shape index (κ2) is 11.7. The Morgan fingerprint density at radius 3 is 2.60 bits per heavy atom. The number of nitrogens with zero attached hydrogens (tertiary/aromatic N) is 1. The van der Waals surface area contributed by atoms with Crippen LogP contribution in [0.4, 0.5) is 0 Å². The zero-order chi connectivity index (χ0) is 28.2. The standard InChI is InChI=1S/C33H29NO5S/c1-4-5-6-9-17-39-27-16-15-24(18-21(27)2)31-29(33(36)37)34-28(35)20-25(30(38-3)32(34)40-31)19-23-13-10-12-22-11-7-8-14-26(22)23/h1,7-8,10-16,18,20H,5-6,9,17,19H2,2-3H3,(H,36,37). The van der Waals surface area contributed by atoms with Crippen molar-refractivity contribution in [3.05, 3.63) is 99.5 Å². The van der Waals surface area contributed by atoms with Crippen molar-refractivity contribution < 1.29 is 19.4 Å². The molecule has 0 aliphatic carbocycles. The van der Waals surface area contributed by atoms with Gasteiger partial charge in [0, 0.05) is 24.5 Å². The highest BCUT2D eigenvalue weighted by atomic mass is 32.1. The highest BCUT2D eigenvalue weighted by Gasteiger charge is 2.25. The van der Waals surface area contributed by atoms with Gasteiger partial charge in [0.1, 0.15) is 10.6 Å². The quantitative estimate of drug-likeness (QED) is 0.150. The van der Waals surface area contributed by atoms with E-state index in [2.05, 4.69) is 24.1 Å². The Labute approximate surface area is 236 Å². The largest absolute Gasteiger partial charge is 0.493 e. The van der Waals surface area contributed by atoms with Crippen molar-refractivity contribution in [1.82, 2.24) is 4.40 Å². The van der Waals surface area contributed by atoms with Crippen LogP contribution in [0.3, 0.4) is 0 Å². The average Bonchev–Trinajstić information content (AvgIpc) is 3.36. The highest BCUT2D eigenvalue weighted by molar-refractivity contribution is 7.21. The number of aromatic nitrogens is 1. The Kier molecular flexibility index (Phi) is 7.90. The molecule has 1 N–H and O–H groups in total. The second-order valence-corrected chi connectivity index (χ2v) is 10.6. The Morgan fingerprint density at radius 2 is 1.85 bits per heavy atom. The molecule has 6 nitrogen and oxygen atoms in total. The van der Waals surface area contributed by atoms with Crippen LogP contribution in [0.2, 0.25) is 0 Å². The molecule has 5 rings (SSSR count). The monoisotopic (exact) mass is 551 g/mol. The molecule has 0 bridgehead atoms. The maximum absolute atomic E-state index is 13.4. The maximum atomic E-state index is 13.4. The molecule has 0 aliphatic heterocycles. The first-order valence-corrected chi connectivity index (χ1v) is 13.9. The molecule has 0 spiro atoms. The molecule has 3 aromatic carbocycles. The lowest BCUT2D eigenvalue weighted by Crippen LogP contribution is -2.19. The van der Waals surface area contributed by atoms with E-state index >= 15 is 0 Å². The number of carbonyl (C=O) groups is 1. The molecule has 40 heavy (non-hydrogen) atoms. The number of methoxy groups -OCH3 is 1. The van der Waals surface area contributed by atoms with Gasteiger partial charge in [-0.15, -0.1) is 23.7 Å². The SMILES string of the molecule is C#CCCCCOc1ccc(-c2sc3c(OC)c(Cc4cccc5ccccc45)cc(=O)n3c2C(=O)O)cc1C. The third kappa shape index (κ3) is 5.18. The van der Waals surface area contributed by atoms with Gasteiger partial charge in [-0.05, 0) is 65.4 Å². The third-order valence-electron chi connectivity index (χ3n) is 6.92. The van der Waals surface area contributed by atoms with Gasteiger partial charge in [0.25, 0.3) is 5.56 Å². The van der Waals surface area contributed by atoms with E-state index in [0.717, 1.165) is 46.9 Å². The van der Waals surface area contributed by atoms with E-state index in [1.165, 1.54) is 21.8 Å². The van der Waals surface area contributed by atoms with Crippen LogP contribution in [0, 0.1) is 19.3 Å². The molecule has 0 fully saturated rings. The summed E-state index contributed by atoms with van der Waals surface area (Å²) < 4.78 is 13.0. The number of aromatic carboxylic acids is 1. The maximum Gasteiger partial charge on any atom is 0.354 e. The number of hydrogen-bond acceptors (Lipinski definition) is 5. The van der Waals surface area contributed by atoms with Gasteiger partial charge in [0.2, 0.25) is 0 Å². The van der Waals surface area contributed by atoms with Crippen molar-refractivity contribution in [2.24, 2.45) is 0 Å². The summed E-state index contributed by atoms with van der Waals surface area (Å²) >= 11 is 1.24. The summed E-state index contributed by atoms with van der Waals surface area (Å²) in [5.41, 5.74) is 2.84. The summed E-state index contributed by atoms with van der Waals surface area (Å²) in [4.78, 5) is 26.9. The van der Waals surface area contributed by atoms with Crippen LogP contribution in [0.1, 0.15) is 46.4 Å². The summed E-state index contributed by atoms with van der Waals surface area (Å²) in [6.45, 7) is 2.47. The zero-order valence-electron chi connectivity index (χ0n) is 22.4. The Balaban J connectivity index is 1.57. The van der Waals surface area contributed by atoms with Crippen molar-refractivity contribution in [2.75, 3.05) is 13.7 Å². The third-order valence-corrected chi connectivity index (χ3v) is 8.12. The number of pyridine rings is 1. The van der Waals surface area contributed by atoms with Crippen LogP contribution in [-0.2, 0) is 6.42 Å². The van der Waals surface area contributed by atoms with Crippen LogP contribution >= 0.6 is 11.3 Å². The van der Waals surface area contributed by atoms with Gasteiger partial charge >= 0.3 is 5.97 Å². The van der Waals surface area contributed by atoms with Gasteiger partial charge in [-0.3, -0.25) is 9.20 Å². The molecule has 202 valence electrons. The Bertz CT molecular complexity index is 1820. The van der Waals surface area contributed by atoms with Crippen molar-refractivity contribution >= 4 is 32.9 Å². The molecule has 0 radical (unpaired) electrons. The normalized spacial score (nSPS) is 11.0. The van der Waals surface area contributed by atoms with E-state index < -0.39 is 11.5 Å². The van der Waals surface area contributed by atoms with Gasteiger partial charge in [-0.1, -0.05) is 42.5 Å². The predicted octanol–water partition coefficient (Wildman–Crippen LogP) is 6.97. The lowest BCUT2D eigenvalue weighted by atomic mass is 9.98. The molecular formula is C33H29NO5S. The first-order chi connectivity index (χ1) is 19.4. The minimum atomic E-state index is -1.18. The number of rotatable bonds is 10. The number of unbranched alkanes of at least 4 members (excludes halogenated alkanes) is 2. The topological polar surface area (TPSA) is 77.2 Å². The van der Waals surface area contributed by atoms with Crippen molar-refractivity contribution in [2.45, 2.75) is 32.6 Å². The molecule has 0 atom stereocenters. The van der Waals surface area contributed by atoms with E-state index in [1.54, 1.807) is 7.11 Å². The molecular weight excluding hydrogens is 522 g/mol. The number of aryl methyl sites for hydroxylation is 1. The summed E-state index contributed by atoms with van der Waals surface area (Å²) in [6.07, 6.45) is 8.25. The van der Waals surface area contributed by atoms with Crippen LogP contribution in [0.25, 0.3) is 26.0 Å². The van der Waals surface area contributed by atoms with Crippen LogP contribution in [0.5, 0.6) is 11.5 Å². The van der Waals surface area contributed by atoms with Crippen LogP contribution < -0.4 is 15.0 Å². The fourth-order valence-corrected chi connectivity index (χ4v) is 6.32. The summed E-state index contributed by atoms with van der Waals surface area (Å²) in [5, 5.41) is 12.4. The van der Waals surface area contributed by atoms with E-state index in [-0.39, 0.29) is 5.69 Å². The number of ether oxygens (including phenoxy) is 2. The number of carboxylic acids is 1. The smallest absolute Gasteiger partial charge is 0.354 e. The van der Waals surface area contributed by atoms with Crippen LogP contribution in [-0.4, -0.2) is 29.2 Å². The Morgan fingerprint density at radius 1 is 1.05 bits per heavy atom. The zero-order valence-corrected chi connectivity index (χ0v) is 23.2. The minimum absolute atomic E-state index is 0.0811. The number of hydrogen-bond donors (Lipinski definition) is 1. The molecule has 0 unspecified atom stereocenters. The molecule has 5 aromatic rings. The van der Waals surface area contributed by atoms with Crippen molar-refractivity contribution in [3.63, 3.8) is 0 Å². The summed E-state index contributed by atoms with van der Waals surface area (Å²) in [5.74, 6) is 2.67. The predicted molar refractivity (Wildman–Crippen MR) is 160 cm³/mol. The Hall–Kier alpha value is -4.54. The van der Waals surface area contributed by atoms with E-state index in [9.17, 15) is 14.7 Å². The summed E-state index contributed by atoms with van der Waals surface area (Å²) in [7, 11) is 1.55. The number of benzene rings is 3. The van der Waals surface area contributed by atoms with Gasteiger partial charge < -0.3 is 14.6 Å². The first-order valence-electron chi connectivity index (χ1n) is 13.1. The lowest BCUT2D eigenvalue weighted by molar-refractivity contribution is 0.0690. The fourth-order valence-electron chi connectivity index (χ4n) is 5.02. The van der Waals surface area contributed by atoms with E-state index in [0.29, 0.717) is 39.6 Å².